The monoisotopic (exact) mass is 189 g/mol. The summed E-state index contributed by atoms with van der Waals surface area (Å²) in [6.45, 7) is 0.972. The molecule has 1 aromatic rings. The number of benzene rings is 1. The number of fused-ring (bicyclic) bond motifs is 1. The van der Waals surface area contributed by atoms with Crippen LogP contribution in [-0.2, 0) is 13.0 Å². The molecule has 0 saturated heterocycles. The van der Waals surface area contributed by atoms with E-state index in [4.69, 9.17) is 4.74 Å². The molecule has 2 aliphatic rings. The standard InChI is InChI=1S/C12H15NO/c1-14-11-4-2-3-9-7-12(5-6-12)13-8-10(9)11/h2-4,13H,5-8H2,1H3. The third-order valence-corrected chi connectivity index (χ3v) is 3.47. The quantitative estimate of drug-likeness (QED) is 0.728. The Morgan fingerprint density at radius 3 is 2.93 bits per heavy atom. The molecule has 1 aromatic carbocycles. The summed E-state index contributed by atoms with van der Waals surface area (Å²) >= 11 is 0. The van der Waals surface area contributed by atoms with Gasteiger partial charge in [0.05, 0.1) is 7.11 Å². The second kappa shape index (κ2) is 2.74. The molecule has 1 aliphatic heterocycles. The fourth-order valence-electron chi connectivity index (χ4n) is 2.38. The van der Waals surface area contributed by atoms with Crippen molar-refractivity contribution in [3.63, 3.8) is 0 Å². The molecule has 0 atom stereocenters. The highest BCUT2D eigenvalue weighted by atomic mass is 16.5. The molecule has 74 valence electrons. The van der Waals surface area contributed by atoms with Crippen LogP contribution >= 0.6 is 0 Å². The average molecular weight is 189 g/mol. The number of ether oxygens (including phenoxy) is 1. The average Bonchev–Trinajstić information content (AvgIpc) is 2.96. The van der Waals surface area contributed by atoms with E-state index in [1.165, 1.54) is 30.4 Å². The van der Waals surface area contributed by atoms with Crippen LogP contribution < -0.4 is 10.1 Å². The Bertz CT molecular complexity index is 369. The molecule has 3 rings (SSSR count). The summed E-state index contributed by atoms with van der Waals surface area (Å²) in [7, 11) is 1.75. The van der Waals surface area contributed by atoms with E-state index in [0.717, 1.165) is 12.3 Å². The Morgan fingerprint density at radius 2 is 2.21 bits per heavy atom. The lowest BCUT2D eigenvalue weighted by Gasteiger charge is -2.27. The van der Waals surface area contributed by atoms with Gasteiger partial charge in [-0.05, 0) is 30.9 Å². The zero-order chi connectivity index (χ0) is 9.60. The van der Waals surface area contributed by atoms with E-state index in [1.807, 2.05) is 6.07 Å². The zero-order valence-electron chi connectivity index (χ0n) is 8.47. The van der Waals surface area contributed by atoms with E-state index in [1.54, 1.807) is 7.11 Å². The minimum Gasteiger partial charge on any atom is -0.496 e. The predicted molar refractivity (Wildman–Crippen MR) is 55.5 cm³/mol. The molecule has 0 aromatic heterocycles. The summed E-state index contributed by atoms with van der Waals surface area (Å²) in [4.78, 5) is 0. The van der Waals surface area contributed by atoms with Crippen LogP contribution in [0.25, 0.3) is 0 Å². The molecular formula is C12H15NO. The SMILES string of the molecule is COc1cccc2c1CNC1(CC1)C2. The Kier molecular flexibility index (Phi) is 1.62. The molecule has 1 aliphatic carbocycles. The largest absolute Gasteiger partial charge is 0.496 e. The van der Waals surface area contributed by atoms with Crippen molar-refractivity contribution >= 4 is 0 Å². The smallest absolute Gasteiger partial charge is 0.123 e. The summed E-state index contributed by atoms with van der Waals surface area (Å²) in [5.41, 5.74) is 3.28. The van der Waals surface area contributed by atoms with Gasteiger partial charge in [-0.2, -0.15) is 0 Å². The van der Waals surface area contributed by atoms with Crippen molar-refractivity contribution in [3.8, 4) is 5.75 Å². The van der Waals surface area contributed by atoms with Crippen molar-refractivity contribution in [1.82, 2.24) is 5.32 Å². The number of rotatable bonds is 1. The van der Waals surface area contributed by atoms with Crippen molar-refractivity contribution < 1.29 is 4.74 Å². The van der Waals surface area contributed by atoms with Crippen LogP contribution in [0.15, 0.2) is 18.2 Å². The molecule has 14 heavy (non-hydrogen) atoms. The van der Waals surface area contributed by atoms with Crippen LogP contribution in [0.1, 0.15) is 24.0 Å². The van der Waals surface area contributed by atoms with E-state index in [2.05, 4.69) is 17.4 Å². The minimum absolute atomic E-state index is 0.458. The van der Waals surface area contributed by atoms with Crippen molar-refractivity contribution in [1.29, 1.82) is 0 Å². The first kappa shape index (κ1) is 8.30. The summed E-state index contributed by atoms with van der Waals surface area (Å²) in [5, 5.41) is 3.62. The molecule has 1 N–H and O–H groups in total. The fraction of sp³-hybridized carbons (Fsp3) is 0.500. The molecule has 0 unspecified atom stereocenters. The van der Waals surface area contributed by atoms with Gasteiger partial charge in [-0.15, -0.1) is 0 Å². The molecule has 1 heterocycles. The molecule has 2 nitrogen and oxygen atoms in total. The molecule has 1 spiro atoms. The molecule has 2 heteroatoms. The number of methoxy groups -OCH3 is 1. The van der Waals surface area contributed by atoms with Crippen molar-refractivity contribution in [3.05, 3.63) is 29.3 Å². The van der Waals surface area contributed by atoms with Gasteiger partial charge in [0.25, 0.3) is 0 Å². The van der Waals surface area contributed by atoms with Gasteiger partial charge in [0.2, 0.25) is 0 Å². The third kappa shape index (κ3) is 1.14. The number of hydrogen-bond acceptors (Lipinski definition) is 2. The lowest BCUT2D eigenvalue weighted by Crippen LogP contribution is -2.37. The summed E-state index contributed by atoms with van der Waals surface area (Å²) in [6.07, 6.45) is 3.85. The van der Waals surface area contributed by atoms with Crippen LogP contribution in [-0.4, -0.2) is 12.6 Å². The molecule has 0 bridgehead atoms. The maximum atomic E-state index is 5.36. The highest BCUT2D eigenvalue weighted by molar-refractivity contribution is 5.43. The van der Waals surface area contributed by atoms with E-state index in [0.29, 0.717) is 5.54 Å². The first-order chi connectivity index (χ1) is 6.83. The highest BCUT2D eigenvalue weighted by Gasteiger charge is 2.44. The minimum atomic E-state index is 0.458. The van der Waals surface area contributed by atoms with Crippen LogP contribution in [0.2, 0.25) is 0 Å². The van der Waals surface area contributed by atoms with E-state index < -0.39 is 0 Å². The Hall–Kier alpha value is -1.02. The first-order valence-electron chi connectivity index (χ1n) is 5.23. The lowest BCUT2D eigenvalue weighted by molar-refractivity contribution is 0.392. The van der Waals surface area contributed by atoms with Gasteiger partial charge in [-0.25, -0.2) is 0 Å². The number of hydrogen-bond donors (Lipinski definition) is 1. The Labute approximate surface area is 84.3 Å². The Morgan fingerprint density at radius 1 is 1.36 bits per heavy atom. The second-order valence-electron chi connectivity index (χ2n) is 4.41. The third-order valence-electron chi connectivity index (χ3n) is 3.47. The molecule has 0 radical (unpaired) electrons. The normalized spacial score (nSPS) is 21.8. The molecule has 0 amide bonds. The number of nitrogens with one attached hydrogen (secondary N) is 1. The zero-order valence-corrected chi connectivity index (χ0v) is 8.47. The van der Waals surface area contributed by atoms with E-state index in [-0.39, 0.29) is 0 Å². The summed E-state index contributed by atoms with van der Waals surface area (Å²) < 4.78 is 5.36. The predicted octanol–water partition coefficient (Wildman–Crippen LogP) is 1.87. The molecule has 1 saturated carbocycles. The fourth-order valence-corrected chi connectivity index (χ4v) is 2.38. The van der Waals surface area contributed by atoms with E-state index in [9.17, 15) is 0 Å². The van der Waals surface area contributed by atoms with Crippen LogP contribution in [0.5, 0.6) is 5.75 Å². The van der Waals surface area contributed by atoms with Gasteiger partial charge < -0.3 is 10.1 Å². The van der Waals surface area contributed by atoms with Gasteiger partial charge in [-0.3, -0.25) is 0 Å². The van der Waals surface area contributed by atoms with Gasteiger partial charge >= 0.3 is 0 Å². The van der Waals surface area contributed by atoms with Crippen LogP contribution in [0.4, 0.5) is 0 Å². The van der Waals surface area contributed by atoms with Crippen LogP contribution in [0, 0.1) is 0 Å². The molecule has 1 fully saturated rings. The topological polar surface area (TPSA) is 21.3 Å². The van der Waals surface area contributed by atoms with Crippen molar-refractivity contribution in [2.75, 3.05) is 7.11 Å². The maximum absolute atomic E-state index is 5.36. The first-order valence-corrected chi connectivity index (χ1v) is 5.23. The van der Waals surface area contributed by atoms with Crippen LogP contribution in [0.3, 0.4) is 0 Å². The van der Waals surface area contributed by atoms with Crippen molar-refractivity contribution in [2.24, 2.45) is 0 Å². The summed E-state index contributed by atoms with van der Waals surface area (Å²) in [5.74, 6) is 1.03. The second-order valence-corrected chi connectivity index (χ2v) is 4.41. The summed E-state index contributed by atoms with van der Waals surface area (Å²) in [6, 6.07) is 6.38. The maximum Gasteiger partial charge on any atom is 0.123 e. The van der Waals surface area contributed by atoms with E-state index >= 15 is 0 Å². The van der Waals surface area contributed by atoms with Gasteiger partial charge in [-0.1, -0.05) is 12.1 Å². The van der Waals surface area contributed by atoms with Gasteiger partial charge in [0.1, 0.15) is 5.75 Å². The molecular weight excluding hydrogens is 174 g/mol. The Balaban J connectivity index is 2.01. The van der Waals surface area contributed by atoms with Crippen molar-refractivity contribution in [2.45, 2.75) is 31.3 Å². The van der Waals surface area contributed by atoms with Gasteiger partial charge in [0, 0.05) is 17.6 Å². The highest BCUT2D eigenvalue weighted by Crippen LogP contribution is 2.43. The lowest BCUT2D eigenvalue weighted by atomic mass is 9.93. The van der Waals surface area contributed by atoms with Gasteiger partial charge in [0.15, 0.2) is 0 Å².